The van der Waals surface area contributed by atoms with Gasteiger partial charge in [-0.3, -0.25) is 0 Å². The molecule has 0 saturated heterocycles. The summed E-state index contributed by atoms with van der Waals surface area (Å²) < 4.78 is 0. The zero-order valence-electron chi connectivity index (χ0n) is 10.4. The van der Waals surface area contributed by atoms with Gasteiger partial charge in [0.25, 0.3) is 0 Å². The topological polar surface area (TPSA) is 20.2 Å². The first-order chi connectivity index (χ1) is 7.41. The van der Waals surface area contributed by atoms with Gasteiger partial charge in [0.15, 0.2) is 0 Å². The van der Waals surface area contributed by atoms with Crippen LogP contribution < -0.4 is 0 Å². The smallest absolute Gasteiger partial charge is 0.0431 e. The average Bonchev–Trinajstić information content (AvgIpc) is 2.26. The van der Waals surface area contributed by atoms with Crippen molar-refractivity contribution in [2.75, 3.05) is 6.61 Å². The number of hydrogen-bond donors (Lipinski definition) is 1. The van der Waals surface area contributed by atoms with E-state index in [1.54, 1.807) is 0 Å². The molecule has 0 aromatic rings. The normalized spacial score (nSPS) is 11.3. The fourth-order valence-corrected chi connectivity index (χ4v) is 1.72. The zero-order chi connectivity index (χ0) is 11.2. The molecular weight excluding hydrogens is 184 g/mol. The quantitative estimate of drug-likeness (QED) is 0.396. The maximum Gasteiger partial charge on any atom is 0.0431 e. The summed E-state index contributed by atoms with van der Waals surface area (Å²) in [6.07, 6.45) is 17.3. The second-order valence-electron chi connectivity index (χ2n) is 4.22. The Hall–Kier alpha value is -0.300. The maximum atomic E-state index is 8.60. The standard InChI is InChI=1S/C14H28O/c1-2-3-4-5-6-7-8-9-10-11-12-13-14-15/h3-4,15H,2,5-14H2,1H3/b4-3+. The largest absolute Gasteiger partial charge is 0.396 e. The van der Waals surface area contributed by atoms with Crippen LogP contribution in [0.2, 0.25) is 0 Å². The Balaban J connectivity index is 2.89. The molecule has 0 fully saturated rings. The van der Waals surface area contributed by atoms with Crippen molar-refractivity contribution in [2.24, 2.45) is 0 Å². The van der Waals surface area contributed by atoms with Gasteiger partial charge in [-0.15, -0.1) is 0 Å². The van der Waals surface area contributed by atoms with Crippen LogP contribution in [0.25, 0.3) is 0 Å². The fraction of sp³-hybridized carbons (Fsp3) is 0.857. The molecule has 0 saturated carbocycles. The van der Waals surface area contributed by atoms with Crippen molar-refractivity contribution in [1.82, 2.24) is 0 Å². The van der Waals surface area contributed by atoms with Crippen LogP contribution in [0.1, 0.15) is 71.1 Å². The summed E-state index contributed by atoms with van der Waals surface area (Å²) in [5.41, 5.74) is 0. The van der Waals surface area contributed by atoms with E-state index in [9.17, 15) is 0 Å². The number of allylic oxidation sites excluding steroid dienone is 2. The number of aliphatic hydroxyl groups excluding tert-OH is 1. The lowest BCUT2D eigenvalue weighted by molar-refractivity contribution is 0.282. The molecule has 0 amide bonds. The summed E-state index contributed by atoms with van der Waals surface area (Å²) in [6, 6.07) is 0. The highest BCUT2D eigenvalue weighted by Gasteiger charge is 1.91. The molecule has 15 heavy (non-hydrogen) atoms. The summed E-state index contributed by atoms with van der Waals surface area (Å²) in [4.78, 5) is 0. The molecular formula is C14H28O. The van der Waals surface area contributed by atoms with Gasteiger partial charge in [0, 0.05) is 6.61 Å². The van der Waals surface area contributed by atoms with Crippen LogP contribution in [0.5, 0.6) is 0 Å². The third-order valence-electron chi connectivity index (χ3n) is 2.68. The second-order valence-corrected chi connectivity index (χ2v) is 4.22. The van der Waals surface area contributed by atoms with Gasteiger partial charge in [-0.05, 0) is 25.7 Å². The number of unbranched alkanes of at least 4 members (excludes halogenated alkanes) is 8. The molecule has 1 nitrogen and oxygen atoms in total. The molecule has 0 aliphatic heterocycles. The minimum Gasteiger partial charge on any atom is -0.396 e. The van der Waals surface area contributed by atoms with E-state index in [0.29, 0.717) is 6.61 Å². The first kappa shape index (κ1) is 14.7. The molecule has 0 aliphatic rings. The third-order valence-corrected chi connectivity index (χ3v) is 2.68. The lowest BCUT2D eigenvalue weighted by Gasteiger charge is -2.00. The van der Waals surface area contributed by atoms with E-state index in [0.717, 1.165) is 6.42 Å². The monoisotopic (exact) mass is 212 g/mol. The van der Waals surface area contributed by atoms with Crippen molar-refractivity contribution in [3.05, 3.63) is 12.2 Å². The lowest BCUT2D eigenvalue weighted by atomic mass is 10.1. The Morgan fingerprint density at radius 1 is 0.733 bits per heavy atom. The predicted molar refractivity (Wildman–Crippen MR) is 68.1 cm³/mol. The van der Waals surface area contributed by atoms with Crippen molar-refractivity contribution >= 4 is 0 Å². The molecule has 90 valence electrons. The summed E-state index contributed by atoms with van der Waals surface area (Å²) in [5, 5.41) is 8.60. The molecule has 0 aliphatic carbocycles. The second kappa shape index (κ2) is 13.7. The van der Waals surface area contributed by atoms with E-state index in [-0.39, 0.29) is 0 Å². The van der Waals surface area contributed by atoms with E-state index in [4.69, 9.17) is 5.11 Å². The molecule has 0 atom stereocenters. The predicted octanol–water partition coefficient (Wildman–Crippen LogP) is 4.46. The first-order valence-electron chi connectivity index (χ1n) is 6.67. The zero-order valence-corrected chi connectivity index (χ0v) is 10.4. The molecule has 0 bridgehead atoms. The lowest BCUT2D eigenvalue weighted by Crippen LogP contribution is -1.84. The van der Waals surface area contributed by atoms with Crippen molar-refractivity contribution in [1.29, 1.82) is 0 Å². The molecule has 0 radical (unpaired) electrons. The molecule has 0 rings (SSSR count). The van der Waals surface area contributed by atoms with E-state index < -0.39 is 0 Å². The molecule has 0 heterocycles. The van der Waals surface area contributed by atoms with Gasteiger partial charge in [0.1, 0.15) is 0 Å². The fourth-order valence-electron chi connectivity index (χ4n) is 1.72. The molecule has 0 aromatic heterocycles. The molecule has 1 N–H and O–H groups in total. The first-order valence-corrected chi connectivity index (χ1v) is 6.67. The minimum absolute atomic E-state index is 0.365. The third kappa shape index (κ3) is 13.7. The van der Waals surface area contributed by atoms with Gasteiger partial charge in [-0.2, -0.15) is 0 Å². The van der Waals surface area contributed by atoms with Gasteiger partial charge in [0.2, 0.25) is 0 Å². The van der Waals surface area contributed by atoms with Crippen molar-refractivity contribution < 1.29 is 5.11 Å². The van der Waals surface area contributed by atoms with Crippen LogP contribution in [-0.2, 0) is 0 Å². The van der Waals surface area contributed by atoms with Crippen LogP contribution in [0, 0.1) is 0 Å². The molecule has 0 spiro atoms. The Morgan fingerprint density at radius 3 is 1.80 bits per heavy atom. The number of aliphatic hydroxyl groups is 1. The van der Waals surface area contributed by atoms with E-state index in [1.807, 2.05) is 0 Å². The summed E-state index contributed by atoms with van der Waals surface area (Å²) in [7, 11) is 0. The minimum atomic E-state index is 0.365. The van der Waals surface area contributed by atoms with E-state index >= 15 is 0 Å². The van der Waals surface area contributed by atoms with E-state index in [2.05, 4.69) is 19.1 Å². The maximum absolute atomic E-state index is 8.60. The van der Waals surface area contributed by atoms with Crippen LogP contribution in [0.4, 0.5) is 0 Å². The highest BCUT2D eigenvalue weighted by molar-refractivity contribution is 4.79. The van der Waals surface area contributed by atoms with Crippen LogP contribution >= 0.6 is 0 Å². The summed E-state index contributed by atoms with van der Waals surface area (Å²) >= 11 is 0. The van der Waals surface area contributed by atoms with Gasteiger partial charge < -0.3 is 5.11 Å². The highest BCUT2D eigenvalue weighted by Crippen LogP contribution is 2.09. The van der Waals surface area contributed by atoms with Gasteiger partial charge >= 0.3 is 0 Å². The summed E-state index contributed by atoms with van der Waals surface area (Å²) in [6.45, 7) is 2.55. The van der Waals surface area contributed by atoms with Crippen LogP contribution in [-0.4, -0.2) is 11.7 Å². The molecule has 0 aromatic carbocycles. The Bertz CT molecular complexity index is 129. The van der Waals surface area contributed by atoms with Gasteiger partial charge in [0.05, 0.1) is 0 Å². The van der Waals surface area contributed by atoms with Gasteiger partial charge in [-0.25, -0.2) is 0 Å². The Morgan fingerprint density at radius 2 is 1.27 bits per heavy atom. The Labute approximate surface area is 95.6 Å². The van der Waals surface area contributed by atoms with E-state index in [1.165, 1.54) is 57.8 Å². The summed E-state index contributed by atoms with van der Waals surface area (Å²) in [5.74, 6) is 0. The average molecular weight is 212 g/mol. The molecule has 1 heteroatoms. The van der Waals surface area contributed by atoms with Crippen LogP contribution in [0.3, 0.4) is 0 Å². The van der Waals surface area contributed by atoms with Gasteiger partial charge in [-0.1, -0.05) is 57.6 Å². The van der Waals surface area contributed by atoms with Crippen molar-refractivity contribution in [2.45, 2.75) is 71.1 Å². The Kier molecular flexibility index (Phi) is 13.4. The van der Waals surface area contributed by atoms with Crippen molar-refractivity contribution in [3.63, 3.8) is 0 Å². The number of rotatable bonds is 11. The molecule has 0 unspecified atom stereocenters. The highest BCUT2D eigenvalue weighted by atomic mass is 16.2. The van der Waals surface area contributed by atoms with Crippen molar-refractivity contribution in [3.8, 4) is 0 Å². The SMILES string of the molecule is CC/C=C/CCCCCCCCCCO. The number of hydrogen-bond acceptors (Lipinski definition) is 1. The van der Waals surface area contributed by atoms with Crippen LogP contribution in [0.15, 0.2) is 12.2 Å².